The Bertz CT molecular complexity index is 1020. The summed E-state index contributed by atoms with van der Waals surface area (Å²) in [5.74, 6) is 0.757. The minimum Gasteiger partial charge on any atom is -0.497 e. The molecule has 1 fully saturated rings. The van der Waals surface area contributed by atoms with E-state index in [1.165, 1.54) is 14.2 Å². The number of nitro groups is 1. The second kappa shape index (κ2) is 9.94. The molecule has 1 saturated heterocycles. The number of nitro benzene ring substituents is 1. The van der Waals surface area contributed by atoms with Gasteiger partial charge in [-0.2, -0.15) is 13.2 Å². The van der Waals surface area contributed by atoms with Gasteiger partial charge in [-0.1, -0.05) is 0 Å². The van der Waals surface area contributed by atoms with Crippen molar-refractivity contribution in [1.82, 2.24) is 4.90 Å². The third-order valence-electron chi connectivity index (χ3n) is 5.26. The van der Waals surface area contributed by atoms with Crippen LogP contribution in [0.1, 0.15) is 5.56 Å². The Balaban J connectivity index is 1.61. The molecule has 0 saturated carbocycles. The van der Waals surface area contributed by atoms with Crippen molar-refractivity contribution in [3.05, 3.63) is 52.1 Å². The van der Waals surface area contributed by atoms with Crippen LogP contribution in [0.3, 0.4) is 0 Å². The van der Waals surface area contributed by atoms with Gasteiger partial charge < -0.3 is 19.7 Å². The van der Waals surface area contributed by atoms with Gasteiger partial charge in [0.15, 0.2) is 0 Å². The fourth-order valence-corrected chi connectivity index (χ4v) is 3.55. The average molecular weight is 468 g/mol. The zero-order valence-electron chi connectivity index (χ0n) is 18.0. The summed E-state index contributed by atoms with van der Waals surface area (Å²) < 4.78 is 49.2. The predicted molar refractivity (Wildman–Crippen MR) is 115 cm³/mol. The van der Waals surface area contributed by atoms with Gasteiger partial charge in [0.1, 0.15) is 17.2 Å². The summed E-state index contributed by atoms with van der Waals surface area (Å²) >= 11 is 0. The summed E-state index contributed by atoms with van der Waals surface area (Å²) in [6.45, 7) is 1.55. The number of rotatable bonds is 7. The monoisotopic (exact) mass is 468 g/mol. The van der Waals surface area contributed by atoms with Crippen molar-refractivity contribution in [2.45, 2.75) is 6.18 Å². The van der Waals surface area contributed by atoms with Crippen molar-refractivity contribution in [1.29, 1.82) is 0 Å². The van der Waals surface area contributed by atoms with E-state index < -0.39 is 22.4 Å². The maximum absolute atomic E-state index is 12.9. The van der Waals surface area contributed by atoms with Crippen LogP contribution in [0.5, 0.6) is 11.5 Å². The van der Waals surface area contributed by atoms with E-state index in [-0.39, 0.29) is 18.1 Å². The van der Waals surface area contributed by atoms with Crippen LogP contribution < -0.4 is 19.7 Å². The molecule has 1 aliphatic heterocycles. The van der Waals surface area contributed by atoms with Crippen LogP contribution in [-0.2, 0) is 11.0 Å². The molecule has 3 rings (SSSR count). The van der Waals surface area contributed by atoms with E-state index in [9.17, 15) is 28.1 Å². The molecule has 0 radical (unpaired) electrons. The van der Waals surface area contributed by atoms with Gasteiger partial charge in [-0.05, 0) is 24.3 Å². The first-order valence-electron chi connectivity index (χ1n) is 9.97. The van der Waals surface area contributed by atoms with Gasteiger partial charge in [0.2, 0.25) is 5.91 Å². The smallest absolute Gasteiger partial charge is 0.416 e. The van der Waals surface area contributed by atoms with E-state index >= 15 is 0 Å². The van der Waals surface area contributed by atoms with Crippen molar-refractivity contribution in [3.63, 3.8) is 0 Å². The summed E-state index contributed by atoms with van der Waals surface area (Å²) in [6.07, 6.45) is -4.66. The van der Waals surface area contributed by atoms with Crippen LogP contribution >= 0.6 is 0 Å². The van der Waals surface area contributed by atoms with Gasteiger partial charge in [-0.15, -0.1) is 0 Å². The number of halogens is 3. The Hall–Kier alpha value is -3.54. The summed E-state index contributed by atoms with van der Waals surface area (Å²) in [5.41, 5.74) is -1.05. The third kappa shape index (κ3) is 5.83. The number of alkyl halides is 3. The first kappa shape index (κ1) is 24.1. The number of piperazine rings is 1. The van der Waals surface area contributed by atoms with Crippen LogP contribution in [0.25, 0.3) is 0 Å². The molecule has 0 atom stereocenters. The number of anilines is 2. The van der Waals surface area contributed by atoms with Gasteiger partial charge in [0, 0.05) is 38.3 Å². The average Bonchev–Trinajstić information content (AvgIpc) is 2.78. The topological polar surface area (TPSA) is 97.2 Å². The summed E-state index contributed by atoms with van der Waals surface area (Å²) in [7, 11) is 3.00. The molecule has 1 aliphatic rings. The Morgan fingerprint density at radius 1 is 1.09 bits per heavy atom. The number of nitrogens with one attached hydrogen (secondary N) is 1. The minimum absolute atomic E-state index is 0.0815. The quantitative estimate of drug-likeness (QED) is 0.491. The van der Waals surface area contributed by atoms with Crippen LogP contribution in [-0.4, -0.2) is 62.7 Å². The molecule has 2 aromatic carbocycles. The largest absolute Gasteiger partial charge is 0.497 e. The van der Waals surface area contributed by atoms with Crippen LogP contribution in [0.4, 0.5) is 30.2 Å². The number of methoxy groups -OCH3 is 2. The zero-order chi connectivity index (χ0) is 24.2. The van der Waals surface area contributed by atoms with E-state index in [2.05, 4.69) is 5.32 Å². The molecule has 2 aromatic rings. The third-order valence-corrected chi connectivity index (χ3v) is 5.26. The lowest BCUT2D eigenvalue weighted by Gasteiger charge is -2.35. The van der Waals surface area contributed by atoms with Crippen molar-refractivity contribution in [2.24, 2.45) is 0 Å². The molecule has 12 heteroatoms. The maximum Gasteiger partial charge on any atom is 0.416 e. The van der Waals surface area contributed by atoms with E-state index in [0.29, 0.717) is 49.4 Å². The standard InChI is InChI=1S/C21H23F3N4O5/c1-32-15-4-5-16(19(12-15)33-2)25-20(29)13-26-7-9-27(10-8-26)17-6-3-14(21(22,23)24)11-18(17)28(30)31/h3-6,11-12H,7-10,13H2,1-2H3,(H,25,29). The number of benzene rings is 2. The molecule has 1 heterocycles. The molecular weight excluding hydrogens is 445 g/mol. The van der Waals surface area contributed by atoms with Gasteiger partial charge in [-0.25, -0.2) is 0 Å². The number of carbonyl (C=O) groups is 1. The highest BCUT2D eigenvalue weighted by molar-refractivity contribution is 5.93. The molecule has 1 amide bonds. The van der Waals surface area contributed by atoms with Crippen LogP contribution in [0.2, 0.25) is 0 Å². The van der Waals surface area contributed by atoms with Gasteiger partial charge in [0.25, 0.3) is 5.69 Å². The number of hydrogen-bond donors (Lipinski definition) is 1. The number of nitrogens with zero attached hydrogens (tertiary/aromatic N) is 3. The number of hydrogen-bond acceptors (Lipinski definition) is 7. The van der Waals surface area contributed by atoms with Gasteiger partial charge >= 0.3 is 6.18 Å². The Labute approximate surface area is 187 Å². The molecule has 9 nitrogen and oxygen atoms in total. The van der Waals surface area contributed by atoms with E-state index in [0.717, 1.165) is 12.1 Å². The molecule has 0 bridgehead atoms. The van der Waals surface area contributed by atoms with E-state index in [1.807, 2.05) is 4.90 Å². The van der Waals surface area contributed by atoms with Crippen LogP contribution in [0, 0.1) is 10.1 Å². The summed E-state index contributed by atoms with van der Waals surface area (Å²) in [5, 5.41) is 14.1. The summed E-state index contributed by atoms with van der Waals surface area (Å²) in [4.78, 5) is 26.5. The summed E-state index contributed by atoms with van der Waals surface area (Å²) in [6, 6.07) is 7.51. The lowest BCUT2D eigenvalue weighted by Crippen LogP contribution is -2.48. The Morgan fingerprint density at radius 2 is 1.79 bits per heavy atom. The molecule has 33 heavy (non-hydrogen) atoms. The molecular formula is C21H23F3N4O5. The first-order chi connectivity index (χ1) is 15.6. The predicted octanol–water partition coefficient (Wildman–Crippen LogP) is 3.39. The normalized spacial score (nSPS) is 14.6. The number of ether oxygens (including phenoxy) is 2. The van der Waals surface area contributed by atoms with Gasteiger partial charge in [-0.3, -0.25) is 19.8 Å². The van der Waals surface area contributed by atoms with Gasteiger partial charge in [0.05, 0.1) is 36.9 Å². The molecule has 178 valence electrons. The molecule has 1 N–H and O–H groups in total. The lowest BCUT2D eigenvalue weighted by atomic mass is 10.1. The van der Waals surface area contributed by atoms with Crippen molar-refractivity contribution in [2.75, 3.05) is 57.2 Å². The van der Waals surface area contributed by atoms with Crippen molar-refractivity contribution in [3.8, 4) is 11.5 Å². The minimum atomic E-state index is -4.66. The fourth-order valence-electron chi connectivity index (χ4n) is 3.55. The molecule has 0 aliphatic carbocycles. The molecule has 0 aromatic heterocycles. The highest BCUT2D eigenvalue weighted by Crippen LogP contribution is 2.36. The van der Waals surface area contributed by atoms with Crippen molar-refractivity contribution >= 4 is 23.0 Å². The highest BCUT2D eigenvalue weighted by Gasteiger charge is 2.34. The fraction of sp³-hybridized carbons (Fsp3) is 0.381. The SMILES string of the molecule is COc1ccc(NC(=O)CN2CCN(c3ccc(C(F)(F)F)cc3[N+](=O)[O-])CC2)c(OC)c1. The molecule has 0 unspecified atom stereocenters. The Kier molecular flexibility index (Phi) is 7.26. The lowest BCUT2D eigenvalue weighted by molar-refractivity contribution is -0.384. The second-order valence-electron chi connectivity index (χ2n) is 7.34. The van der Waals surface area contributed by atoms with Crippen molar-refractivity contribution < 1.29 is 32.4 Å². The number of amides is 1. The Morgan fingerprint density at radius 3 is 2.36 bits per heavy atom. The van der Waals surface area contributed by atoms with E-state index in [1.54, 1.807) is 23.1 Å². The second-order valence-corrected chi connectivity index (χ2v) is 7.34. The number of carbonyl (C=O) groups excluding carboxylic acids is 1. The first-order valence-corrected chi connectivity index (χ1v) is 9.97. The highest BCUT2D eigenvalue weighted by atomic mass is 19.4. The molecule has 0 spiro atoms. The van der Waals surface area contributed by atoms with Crippen LogP contribution in [0.15, 0.2) is 36.4 Å². The maximum atomic E-state index is 12.9. The van der Waals surface area contributed by atoms with E-state index in [4.69, 9.17) is 9.47 Å². The zero-order valence-corrected chi connectivity index (χ0v) is 18.0.